The molecule has 1 aliphatic rings. The Morgan fingerprint density at radius 1 is 1.26 bits per heavy atom. The van der Waals surface area contributed by atoms with Crippen molar-refractivity contribution >= 4 is 0 Å². The van der Waals surface area contributed by atoms with E-state index in [1.165, 1.54) is 0 Å². The molecule has 0 spiro atoms. The zero-order valence-electron chi connectivity index (χ0n) is 10.2. The van der Waals surface area contributed by atoms with Crippen molar-refractivity contribution in [1.82, 2.24) is 10.1 Å². The first kappa shape index (κ1) is 14.3. The Hall–Kier alpha value is -1.15. The molecule has 1 N–H and O–H groups in total. The van der Waals surface area contributed by atoms with Crippen LogP contribution < -0.4 is 0 Å². The lowest BCUT2D eigenvalue weighted by Crippen LogP contribution is -2.17. The molecule has 0 radical (unpaired) electrons. The zero-order valence-corrected chi connectivity index (χ0v) is 10.2. The summed E-state index contributed by atoms with van der Waals surface area (Å²) in [6.07, 6.45) is -1.81. The van der Waals surface area contributed by atoms with Crippen LogP contribution in [0.15, 0.2) is 4.52 Å². The number of rotatable bonds is 4. The normalized spacial score (nSPS) is 24.6. The third kappa shape index (κ3) is 4.46. The number of nitrogens with zero attached hydrogens (tertiary/aromatic N) is 2. The van der Waals surface area contributed by atoms with Crippen molar-refractivity contribution in [3.63, 3.8) is 0 Å². The highest BCUT2D eigenvalue weighted by molar-refractivity contribution is 4.95. The van der Waals surface area contributed by atoms with Gasteiger partial charge in [-0.3, -0.25) is 0 Å². The highest BCUT2D eigenvalue weighted by Crippen LogP contribution is 2.31. The van der Waals surface area contributed by atoms with Gasteiger partial charge in [0.15, 0.2) is 5.82 Å². The molecule has 2 rings (SSSR count). The van der Waals surface area contributed by atoms with Crippen LogP contribution in [0.1, 0.15) is 43.3 Å². The fourth-order valence-electron chi connectivity index (χ4n) is 2.07. The van der Waals surface area contributed by atoms with E-state index in [0.717, 1.165) is 12.8 Å². The lowest BCUT2D eigenvalue weighted by atomic mass is 9.87. The van der Waals surface area contributed by atoms with Gasteiger partial charge < -0.3 is 14.4 Å². The van der Waals surface area contributed by atoms with E-state index >= 15 is 0 Å². The standard InChI is InChI=1S/C11H15F3N2O3/c12-11(13,14)6-18-5-9-15-10(19-16-9)7-1-3-8(17)4-2-7/h7-8,17H,1-6H2. The molecule has 1 saturated carbocycles. The largest absolute Gasteiger partial charge is 0.411 e. The summed E-state index contributed by atoms with van der Waals surface area (Å²) in [4.78, 5) is 4.03. The molecule has 0 aromatic carbocycles. The van der Waals surface area contributed by atoms with Crippen LogP contribution in [-0.4, -0.2) is 34.1 Å². The van der Waals surface area contributed by atoms with E-state index in [1.807, 2.05) is 0 Å². The number of aromatic nitrogens is 2. The van der Waals surface area contributed by atoms with E-state index in [1.54, 1.807) is 0 Å². The number of aliphatic hydroxyl groups is 1. The fourth-order valence-corrected chi connectivity index (χ4v) is 2.07. The molecule has 1 aromatic heterocycles. The summed E-state index contributed by atoms with van der Waals surface area (Å²) in [5.41, 5.74) is 0. The highest BCUT2D eigenvalue weighted by atomic mass is 19.4. The number of hydrogen-bond donors (Lipinski definition) is 1. The minimum absolute atomic E-state index is 0.0762. The van der Waals surface area contributed by atoms with Gasteiger partial charge in [0.05, 0.1) is 6.10 Å². The predicted octanol–water partition coefficient (Wildman–Crippen LogP) is 2.17. The molecule has 1 aliphatic carbocycles. The number of alkyl halides is 3. The quantitative estimate of drug-likeness (QED) is 0.915. The van der Waals surface area contributed by atoms with E-state index in [9.17, 15) is 18.3 Å². The summed E-state index contributed by atoms with van der Waals surface area (Å²) >= 11 is 0. The van der Waals surface area contributed by atoms with Crippen molar-refractivity contribution in [1.29, 1.82) is 0 Å². The Bertz CT molecular complexity index is 400. The maximum atomic E-state index is 11.9. The lowest BCUT2D eigenvalue weighted by molar-refractivity contribution is -0.177. The van der Waals surface area contributed by atoms with Crippen molar-refractivity contribution in [3.05, 3.63) is 11.7 Å². The minimum Gasteiger partial charge on any atom is -0.393 e. The van der Waals surface area contributed by atoms with Crippen LogP contribution in [0.4, 0.5) is 13.2 Å². The second kappa shape index (κ2) is 5.87. The molecule has 0 saturated heterocycles. The summed E-state index contributed by atoms with van der Waals surface area (Å²) in [5, 5.41) is 13.0. The van der Waals surface area contributed by atoms with Crippen LogP contribution in [-0.2, 0) is 11.3 Å². The third-order valence-electron chi connectivity index (χ3n) is 3.03. The molecule has 0 atom stereocenters. The van der Waals surface area contributed by atoms with Gasteiger partial charge in [-0.25, -0.2) is 0 Å². The molecule has 19 heavy (non-hydrogen) atoms. The molecule has 0 unspecified atom stereocenters. The molecule has 0 bridgehead atoms. The molecule has 8 heteroatoms. The molecule has 1 aromatic rings. The first-order valence-electron chi connectivity index (χ1n) is 6.09. The SMILES string of the molecule is OC1CCC(c2nc(COCC(F)(F)F)no2)CC1. The summed E-state index contributed by atoms with van der Waals surface area (Å²) in [6.45, 7) is -1.65. The first-order chi connectivity index (χ1) is 8.94. The van der Waals surface area contributed by atoms with Crippen molar-refractivity contribution < 1.29 is 27.5 Å². The minimum atomic E-state index is -4.36. The smallest absolute Gasteiger partial charge is 0.393 e. The van der Waals surface area contributed by atoms with Crippen molar-refractivity contribution in [2.45, 2.75) is 50.5 Å². The molecular weight excluding hydrogens is 265 g/mol. The van der Waals surface area contributed by atoms with Gasteiger partial charge >= 0.3 is 6.18 Å². The fraction of sp³-hybridized carbons (Fsp3) is 0.818. The highest BCUT2D eigenvalue weighted by Gasteiger charge is 2.28. The van der Waals surface area contributed by atoms with Gasteiger partial charge in [-0.2, -0.15) is 18.2 Å². The Kier molecular flexibility index (Phi) is 4.41. The Labute approximate surface area is 107 Å². The van der Waals surface area contributed by atoms with Gasteiger partial charge in [-0.1, -0.05) is 5.16 Å². The summed E-state index contributed by atoms with van der Waals surface area (Å²) in [7, 11) is 0. The van der Waals surface area contributed by atoms with E-state index in [-0.39, 0.29) is 24.5 Å². The average Bonchev–Trinajstić information content (AvgIpc) is 2.77. The monoisotopic (exact) mass is 280 g/mol. The Balaban J connectivity index is 1.82. The number of halogens is 3. The van der Waals surface area contributed by atoms with Gasteiger partial charge in [0.25, 0.3) is 0 Å². The van der Waals surface area contributed by atoms with Gasteiger partial charge in [0.1, 0.15) is 13.2 Å². The van der Waals surface area contributed by atoms with Crippen LogP contribution >= 0.6 is 0 Å². The van der Waals surface area contributed by atoms with E-state index in [0.29, 0.717) is 18.7 Å². The zero-order chi connectivity index (χ0) is 13.9. The second-order valence-electron chi connectivity index (χ2n) is 4.66. The average molecular weight is 280 g/mol. The van der Waals surface area contributed by atoms with Crippen LogP contribution in [0.25, 0.3) is 0 Å². The third-order valence-corrected chi connectivity index (χ3v) is 3.03. The van der Waals surface area contributed by atoms with Crippen molar-refractivity contribution in [2.24, 2.45) is 0 Å². The first-order valence-corrected chi connectivity index (χ1v) is 6.09. The van der Waals surface area contributed by atoms with Gasteiger partial charge in [0.2, 0.25) is 5.89 Å². The van der Waals surface area contributed by atoms with Crippen LogP contribution in [0.3, 0.4) is 0 Å². The predicted molar refractivity (Wildman–Crippen MR) is 57.2 cm³/mol. The van der Waals surface area contributed by atoms with Gasteiger partial charge in [-0.15, -0.1) is 0 Å². The van der Waals surface area contributed by atoms with Crippen molar-refractivity contribution in [3.8, 4) is 0 Å². The number of aliphatic hydroxyl groups excluding tert-OH is 1. The van der Waals surface area contributed by atoms with E-state index < -0.39 is 12.8 Å². The van der Waals surface area contributed by atoms with Gasteiger partial charge in [-0.05, 0) is 25.7 Å². The molecule has 1 fully saturated rings. The lowest BCUT2D eigenvalue weighted by Gasteiger charge is -2.22. The van der Waals surface area contributed by atoms with Crippen LogP contribution in [0.2, 0.25) is 0 Å². The maximum Gasteiger partial charge on any atom is 0.411 e. The van der Waals surface area contributed by atoms with E-state index in [2.05, 4.69) is 14.9 Å². The maximum absolute atomic E-state index is 11.9. The Morgan fingerprint density at radius 3 is 2.58 bits per heavy atom. The van der Waals surface area contributed by atoms with Crippen LogP contribution in [0, 0.1) is 0 Å². The molecule has 108 valence electrons. The molecular formula is C11H15F3N2O3. The molecule has 1 heterocycles. The van der Waals surface area contributed by atoms with Gasteiger partial charge in [0, 0.05) is 5.92 Å². The summed E-state index contributed by atoms with van der Waals surface area (Å²) < 4.78 is 45.1. The second-order valence-corrected chi connectivity index (χ2v) is 4.66. The number of ether oxygens (including phenoxy) is 1. The molecule has 5 nitrogen and oxygen atoms in total. The molecule has 0 aliphatic heterocycles. The topological polar surface area (TPSA) is 68.4 Å². The van der Waals surface area contributed by atoms with Crippen LogP contribution in [0.5, 0.6) is 0 Å². The van der Waals surface area contributed by atoms with Crippen molar-refractivity contribution in [2.75, 3.05) is 6.61 Å². The number of hydrogen-bond acceptors (Lipinski definition) is 5. The Morgan fingerprint density at radius 2 is 1.95 bits per heavy atom. The molecule has 0 amide bonds. The summed E-state index contributed by atoms with van der Waals surface area (Å²) in [5.74, 6) is 0.607. The van der Waals surface area contributed by atoms with E-state index in [4.69, 9.17) is 4.52 Å². The summed E-state index contributed by atoms with van der Waals surface area (Å²) in [6, 6.07) is 0.